The highest BCUT2D eigenvalue weighted by Gasteiger charge is 2.07. The van der Waals surface area contributed by atoms with Gasteiger partial charge in [0.25, 0.3) is 0 Å². The van der Waals surface area contributed by atoms with Crippen LogP contribution in [0.15, 0.2) is 42.5 Å². The molecular weight excluding hydrogens is 255 g/mol. The second kappa shape index (κ2) is 6.28. The van der Waals surface area contributed by atoms with Gasteiger partial charge in [0, 0.05) is 12.1 Å². The van der Waals surface area contributed by atoms with Crippen LogP contribution in [0.5, 0.6) is 5.75 Å². The van der Waals surface area contributed by atoms with Gasteiger partial charge in [0.2, 0.25) is 0 Å². The lowest BCUT2D eigenvalue weighted by Crippen LogP contribution is -2.18. The lowest BCUT2D eigenvalue weighted by Gasteiger charge is -2.17. The smallest absolute Gasteiger partial charge is 0.123 e. The Hall–Kier alpha value is -2.23. The number of methoxy groups -OCH3 is 1. The van der Waals surface area contributed by atoms with Crippen molar-refractivity contribution in [2.45, 2.75) is 19.4 Å². The molecule has 0 aliphatic carbocycles. The van der Waals surface area contributed by atoms with Gasteiger partial charge in [-0.15, -0.1) is 0 Å². The van der Waals surface area contributed by atoms with Gasteiger partial charge < -0.3 is 15.8 Å². The van der Waals surface area contributed by atoms with Gasteiger partial charge >= 0.3 is 0 Å². The first-order valence-corrected chi connectivity index (χ1v) is 6.53. The van der Waals surface area contributed by atoms with E-state index in [4.69, 9.17) is 10.5 Å². The zero-order valence-electron chi connectivity index (χ0n) is 11.7. The highest BCUT2D eigenvalue weighted by atomic mass is 19.1. The summed E-state index contributed by atoms with van der Waals surface area (Å²) in [5.41, 5.74) is 8.57. The van der Waals surface area contributed by atoms with E-state index in [0.717, 1.165) is 23.4 Å². The number of hydrogen-bond donors (Lipinski definition) is 2. The van der Waals surface area contributed by atoms with Crippen LogP contribution in [-0.4, -0.2) is 13.2 Å². The molecule has 1 atom stereocenters. The fraction of sp³-hybridized carbons (Fsp3) is 0.250. The monoisotopic (exact) mass is 274 g/mol. The number of benzene rings is 2. The Morgan fingerprint density at radius 2 is 1.90 bits per heavy atom. The molecule has 0 aliphatic heterocycles. The van der Waals surface area contributed by atoms with Gasteiger partial charge in [-0.25, -0.2) is 4.39 Å². The summed E-state index contributed by atoms with van der Waals surface area (Å²) in [6.07, 6.45) is 0.797. The van der Waals surface area contributed by atoms with Crippen molar-refractivity contribution >= 4 is 11.4 Å². The third kappa shape index (κ3) is 3.63. The van der Waals surface area contributed by atoms with E-state index < -0.39 is 0 Å². The molecule has 2 aromatic rings. The van der Waals surface area contributed by atoms with Crippen molar-refractivity contribution in [1.29, 1.82) is 0 Å². The number of anilines is 2. The van der Waals surface area contributed by atoms with Gasteiger partial charge in [-0.1, -0.05) is 12.1 Å². The summed E-state index contributed by atoms with van der Waals surface area (Å²) in [7, 11) is 1.61. The van der Waals surface area contributed by atoms with Crippen LogP contribution in [-0.2, 0) is 6.42 Å². The second-order valence-corrected chi connectivity index (χ2v) is 4.83. The van der Waals surface area contributed by atoms with Gasteiger partial charge in [-0.2, -0.15) is 0 Å². The SMILES string of the molecule is COc1ccc(NC(C)Cc2ccc(F)cc2)c(N)c1. The fourth-order valence-corrected chi connectivity index (χ4v) is 2.09. The third-order valence-electron chi connectivity index (χ3n) is 3.12. The summed E-state index contributed by atoms with van der Waals surface area (Å²) in [6, 6.07) is 12.3. The topological polar surface area (TPSA) is 47.3 Å². The Morgan fingerprint density at radius 3 is 2.50 bits per heavy atom. The number of hydrogen-bond acceptors (Lipinski definition) is 3. The van der Waals surface area contributed by atoms with Crippen molar-refractivity contribution in [3.05, 3.63) is 53.8 Å². The normalized spacial score (nSPS) is 11.9. The lowest BCUT2D eigenvalue weighted by atomic mass is 10.1. The molecule has 1 unspecified atom stereocenters. The molecular formula is C16H19FN2O. The number of nitrogens with two attached hydrogens (primary N) is 1. The van der Waals surface area contributed by atoms with Gasteiger partial charge in [0.15, 0.2) is 0 Å². The van der Waals surface area contributed by atoms with E-state index in [1.807, 2.05) is 12.1 Å². The van der Waals surface area contributed by atoms with Crippen LogP contribution in [0.2, 0.25) is 0 Å². The maximum atomic E-state index is 12.9. The van der Waals surface area contributed by atoms with E-state index in [1.165, 1.54) is 12.1 Å². The molecule has 20 heavy (non-hydrogen) atoms. The molecule has 0 radical (unpaired) electrons. The van der Waals surface area contributed by atoms with E-state index in [9.17, 15) is 4.39 Å². The van der Waals surface area contributed by atoms with Crippen LogP contribution >= 0.6 is 0 Å². The third-order valence-corrected chi connectivity index (χ3v) is 3.12. The van der Waals surface area contributed by atoms with Gasteiger partial charge in [-0.3, -0.25) is 0 Å². The molecule has 2 rings (SSSR count). The Bertz CT molecular complexity index is 569. The molecule has 4 heteroatoms. The minimum atomic E-state index is -0.214. The molecule has 0 aliphatic rings. The first kappa shape index (κ1) is 14.2. The van der Waals surface area contributed by atoms with Gasteiger partial charge in [0.1, 0.15) is 11.6 Å². The quantitative estimate of drug-likeness (QED) is 0.821. The average Bonchev–Trinajstić information content (AvgIpc) is 2.43. The summed E-state index contributed by atoms with van der Waals surface area (Å²) in [5.74, 6) is 0.521. The summed E-state index contributed by atoms with van der Waals surface area (Å²) in [6.45, 7) is 2.06. The standard InChI is InChI=1S/C16H19FN2O/c1-11(9-12-3-5-13(17)6-4-12)19-16-8-7-14(20-2)10-15(16)18/h3-8,10-11,19H,9,18H2,1-2H3. The molecule has 0 aromatic heterocycles. The van der Waals surface area contributed by atoms with Gasteiger partial charge in [-0.05, 0) is 43.2 Å². The molecule has 3 nitrogen and oxygen atoms in total. The van der Waals surface area contributed by atoms with E-state index >= 15 is 0 Å². The number of halogens is 1. The average molecular weight is 274 g/mol. The predicted molar refractivity (Wildman–Crippen MR) is 80.6 cm³/mol. The summed E-state index contributed by atoms with van der Waals surface area (Å²) >= 11 is 0. The lowest BCUT2D eigenvalue weighted by molar-refractivity contribution is 0.415. The zero-order chi connectivity index (χ0) is 14.5. The van der Waals surface area contributed by atoms with E-state index in [-0.39, 0.29) is 11.9 Å². The van der Waals surface area contributed by atoms with Crippen molar-refractivity contribution in [3.8, 4) is 5.75 Å². The minimum Gasteiger partial charge on any atom is -0.497 e. The van der Waals surface area contributed by atoms with Crippen LogP contribution in [0.3, 0.4) is 0 Å². The summed E-state index contributed by atoms with van der Waals surface area (Å²) < 4.78 is 18.0. The van der Waals surface area contributed by atoms with E-state index in [1.54, 1.807) is 25.3 Å². The highest BCUT2D eigenvalue weighted by Crippen LogP contribution is 2.25. The number of ether oxygens (including phenoxy) is 1. The molecule has 3 N–H and O–H groups in total. The number of nitrogens with one attached hydrogen (secondary N) is 1. The highest BCUT2D eigenvalue weighted by molar-refractivity contribution is 5.68. The molecule has 2 aromatic carbocycles. The largest absolute Gasteiger partial charge is 0.497 e. The van der Waals surface area contributed by atoms with Crippen LogP contribution in [0, 0.1) is 5.82 Å². The maximum Gasteiger partial charge on any atom is 0.123 e. The molecule has 0 amide bonds. The van der Waals surface area contributed by atoms with Crippen LogP contribution < -0.4 is 15.8 Å². The first-order valence-electron chi connectivity index (χ1n) is 6.53. The van der Waals surface area contributed by atoms with Crippen molar-refractivity contribution in [1.82, 2.24) is 0 Å². The van der Waals surface area contributed by atoms with Crippen molar-refractivity contribution in [3.63, 3.8) is 0 Å². The first-order chi connectivity index (χ1) is 9.58. The van der Waals surface area contributed by atoms with Crippen LogP contribution in [0.4, 0.5) is 15.8 Å². The van der Waals surface area contributed by atoms with Crippen LogP contribution in [0.1, 0.15) is 12.5 Å². The second-order valence-electron chi connectivity index (χ2n) is 4.83. The molecule has 106 valence electrons. The molecule has 0 saturated carbocycles. The summed E-state index contributed by atoms with van der Waals surface area (Å²) in [5, 5.41) is 3.35. The predicted octanol–water partition coefficient (Wildman–Crippen LogP) is 3.46. The Labute approximate surface area is 118 Å². The molecule has 0 spiro atoms. The minimum absolute atomic E-state index is 0.191. The van der Waals surface area contributed by atoms with E-state index in [2.05, 4.69) is 12.2 Å². The maximum absolute atomic E-state index is 12.9. The molecule has 0 saturated heterocycles. The number of rotatable bonds is 5. The molecule has 0 fully saturated rings. The van der Waals surface area contributed by atoms with Crippen LogP contribution in [0.25, 0.3) is 0 Å². The Morgan fingerprint density at radius 1 is 1.20 bits per heavy atom. The van der Waals surface area contributed by atoms with E-state index in [0.29, 0.717) is 5.69 Å². The van der Waals surface area contributed by atoms with Crippen molar-refractivity contribution < 1.29 is 9.13 Å². The summed E-state index contributed by atoms with van der Waals surface area (Å²) in [4.78, 5) is 0. The fourth-order valence-electron chi connectivity index (χ4n) is 2.09. The van der Waals surface area contributed by atoms with Gasteiger partial charge in [0.05, 0.1) is 18.5 Å². The zero-order valence-corrected chi connectivity index (χ0v) is 11.7. The molecule has 0 bridgehead atoms. The Kier molecular flexibility index (Phi) is 4.45. The number of nitrogen functional groups attached to an aromatic ring is 1. The van der Waals surface area contributed by atoms with Crippen molar-refractivity contribution in [2.75, 3.05) is 18.2 Å². The molecule has 0 heterocycles. The van der Waals surface area contributed by atoms with Crippen molar-refractivity contribution in [2.24, 2.45) is 0 Å². The Balaban J connectivity index is 2.00.